The summed E-state index contributed by atoms with van der Waals surface area (Å²) in [7, 11) is 0. The van der Waals surface area contributed by atoms with Crippen molar-refractivity contribution < 1.29 is 0 Å². The second-order valence-corrected chi connectivity index (χ2v) is 15.5. The SMILES string of the molecule is c1ccc(-c2cccc3c(-c4ccc5c(c4)c4ccccc4c4c6ccc(-c7cccc8c(-c9ccccc9)cccc78)cc6c6ccccc6c54)cccc23)cc1. The fourth-order valence-electron chi connectivity index (χ4n) is 9.87. The van der Waals surface area contributed by atoms with Crippen LogP contribution in [0.2, 0.25) is 0 Å². The van der Waals surface area contributed by atoms with E-state index in [0.717, 1.165) is 0 Å². The Balaban J connectivity index is 1.10. The van der Waals surface area contributed by atoms with Crippen molar-refractivity contribution in [3.63, 3.8) is 0 Å². The first-order valence-corrected chi connectivity index (χ1v) is 20.2. The smallest absolute Gasteiger partial charge is 0.00139 e. The molecule has 0 aliphatic rings. The fourth-order valence-corrected chi connectivity index (χ4v) is 9.87. The molecular weight excluding hydrogens is 697 g/mol. The van der Waals surface area contributed by atoms with Crippen LogP contribution >= 0.6 is 0 Å². The van der Waals surface area contributed by atoms with Crippen LogP contribution in [0.5, 0.6) is 0 Å². The zero-order valence-electron chi connectivity index (χ0n) is 31.8. The van der Waals surface area contributed by atoms with Gasteiger partial charge in [-0.1, -0.05) is 206 Å². The topological polar surface area (TPSA) is 0 Å². The molecule has 12 rings (SSSR count). The summed E-state index contributed by atoms with van der Waals surface area (Å²) in [5.41, 5.74) is 9.96. The average molecular weight is 733 g/mol. The van der Waals surface area contributed by atoms with Crippen LogP contribution in [0.3, 0.4) is 0 Å². The minimum atomic E-state index is 1.23. The first kappa shape index (κ1) is 32.7. The van der Waals surface area contributed by atoms with E-state index in [2.05, 4.69) is 218 Å². The Hall–Kier alpha value is -7.54. The van der Waals surface area contributed by atoms with Crippen LogP contribution in [0, 0.1) is 0 Å². The molecule has 0 aliphatic carbocycles. The molecule has 12 aromatic carbocycles. The summed E-state index contributed by atoms with van der Waals surface area (Å²) in [6.45, 7) is 0. The molecule has 0 nitrogen and oxygen atoms in total. The largest absolute Gasteiger partial charge is 0.0622 e. The van der Waals surface area contributed by atoms with Crippen LogP contribution in [0.4, 0.5) is 0 Å². The molecular formula is C58H36. The van der Waals surface area contributed by atoms with Crippen LogP contribution < -0.4 is 0 Å². The third-order valence-electron chi connectivity index (χ3n) is 12.4. The van der Waals surface area contributed by atoms with Crippen molar-refractivity contribution >= 4 is 75.4 Å². The molecule has 0 aromatic heterocycles. The van der Waals surface area contributed by atoms with Crippen molar-refractivity contribution in [2.45, 2.75) is 0 Å². The Kier molecular flexibility index (Phi) is 7.33. The van der Waals surface area contributed by atoms with Crippen LogP contribution in [-0.2, 0) is 0 Å². The third-order valence-corrected chi connectivity index (χ3v) is 12.4. The Bertz CT molecular complexity index is 3350. The predicted molar refractivity (Wildman–Crippen MR) is 251 cm³/mol. The minimum absolute atomic E-state index is 1.23. The van der Waals surface area contributed by atoms with Gasteiger partial charge in [-0.3, -0.25) is 0 Å². The third kappa shape index (κ3) is 4.95. The maximum atomic E-state index is 2.44. The fraction of sp³-hybridized carbons (Fsp3) is 0. The summed E-state index contributed by atoms with van der Waals surface area (Å²) < 4.78 is 0. The first-order valence-electron chi connectivity index (χ1n) is 20.2. The molecule has 0 aliphatic heterocycles. The van der Waals surface area contributed by atoms with Gasteiger partial charge < -0.3 is 0 Å². The van der Waals surface area contributed by atoms with Crippen LogP contribution in [0.15, 0.2) is 218 Å². The van der Waals surface area contributed by atoms with E-state index < -0.39 is 0 Å². The quantitative estimate of drug-likeness (QED) is 0.158. The standard InChI is InChI=1S/C58H36/c1-3-15-37(16-4-1)41-23-11-29-47-43(25-13-27-45(41)47)39-31-33-53-55(35-39)49-19-7-9-21-51(49)58-54-34-32-40(36-56(54)50-20-8-10-22-52(50)57(53)58)44-26-14-28-46-42(24-12-30-48(44)46)38-17-5-2-6-18-38/h1-36H. The summed E-state index contributed by atoms with van der Waals surface area (Å²) in [5.74, 6) is 0. The lowest BCUT2D eigenvalue weighted by atomic mass is 9.85. The van der Waals surface area contributed by atoms with Crippen LogP contribution in [0.1, 0.15) is 0 Å². The maximum absolute atomic E-state index is 2.44. The van der Waals surface area contributed by atoms with Gasteiger partial charge in [0.25, 0.3) is 0 Å². The number of fused-ring (bicyclic) bond motifs is 13. The van der Waals surface area contributed by atoms with Crippen molar-refractivity contribution in [2.24, 2.45) is 0 Å². The van der Waals surface area contributed by atoms with E-state index in [1.807, 2.05) is 0 Å². The second-order valence-electron chi connectivity index (χ2n) is 15.5. The van der Waals surface area contributed by atoms with E-state index in [9.17, 15) is 0 Å². The monoisotopic (exact) mass is 732 g/mol. The van der Waals surface area contributed by atoms with Crippen molar-refractivity contribution in [3.8, 4) is 44.5 Å². The van der Waals surface area contributed by atoms with Crippen molar-refractivity contribution in [1.82, 2.24) is 0 Å². The zero-order valence-corrected chi connectivity index (χ0v) is 31.8. The Morgan fingerprint density at radius 2 is 0.448 bits per heavy atom. The lowest BCUT2D eigenvalue weighted by molar-refractivity contribution is 1.64. The Morgan fingerprint density at radius 3 is 0.828 bits per heavy atom. The molecule has 0 amide bonds. The van der Waals surface area contributed by atoms with E-state index in [-0.39, 0.29) is 0 Å². The van der Waals surface area contributed by atoms with E-state index in [4.69, 9.17) is 0 Å². The van der Waals surface area contributed by atoms with E-state index >= 15 is 0 Å². The van der Waals surface area contributed by atoms with Gasteiger partial charge in [-0.15, -0.1) is 0 Å². The average Bonchev–Trinajstić information content (AvgIpc) is 3.31. The summed E-state index contributed by atoms with van der Waals surface area (Å²) >= 11 is 0. The first-order chi connectivity index (χ1) is 28.8. The number of benzene rings is 12. The molecule has 0 fully saturated rings. The highest BCUT2D eigenvalue weighted by Crippen LogP contribution is 2.46. The van der Waals surface area contributed by atoms with Gasteiger partial charge in [0.05, 0.1) is 0 Å². The molecule has 0 heterocycles. The van der Waals surface area contributed by atoms with Crippen LogP contribution in [-0.4, -0.2) is 0 Å². The maximum Gasteiger partial charge on any atom is -0.00139 e. The summed E-state index contributed by atoms with van der Waals surface area (Å²) in [6, 6.07) is 80.7. The van der Waals surface area contributed by atoms with Gasteiger partial charge >= 0.3 is 0 Å². The van der Waals surface area contributed by atoms with E-state index in [1.54, 1.807) is 0 Å². The Labute approximate surface area is 336 Å². The van der Waals surface area contributed by atoms with Gasteiger partial charge in [-0.05, 0) is 132 Å². The van der Waals surface area contributed by atoms with Crippen molar-refractivity contribution in [1.29, 1.82) is 0 Å². The summed E-state index contributed by atoms with van der Waals surface area (Å²) in [5, 5.41) is 18.0. The highest BCUT2D eigenvalue weighted by molar-refractivity contribution is 6.40. The lowest BCUT2D eigenvalue weighted by Gasteiger charge is -2.18. The molecule has 0 radical (unpaired) electrons. The molecule has 12 aromatic rings. The highest BCUT2D eigenvalue weighted by atomic mass is 14.2. The zero-order chi connectivity index (χ0) is 38.2. The van der Waals surface area contributed by atoms with Crippen LogP contribution in [0.25, 0.3) is 120 Å². The lowest BCUT2D eigenvalue weighted by Crippen LogP contribution is -1.91. The van der Waals surface area contributed by atoms with Crippen molar-refractivity contribution in [3.05, 3.63) is 218 Å². The molecule has 0 unspecified atom stereocenters. The van der Waals surface area contributed by atoms with E-state index in [0.29, 0.717) is 0 Å². The van der Waals surface area contributed by atoms with Crippen molar-refractivity contribution in [2.75, 3.05) is 0 Å². The molecule has 0 heteroatoms. The molecule has 0 atom stereocenters. The number of hydrogen-bond acceptors (Lipinski definition) is 0. The Morgan fingerprint density at radius 1 is 0.155 bits per heavy atom. The molecule has 0 spiro atoms. The normalized spacial score (nSPS) is 11.8. The molecule has 0 saturated heterocycles. The van der Waals surface area contributed by atoms with Gasteiger partial charge in [0.1, 0.15) is 0 Å². The molecule has 268 valence electrons. The second kappa shape index (κ2) is 13.0. The van der Waals surface area contributed by atoms with Gasteiger partial charge in [0.2, 0.25) is 0 Å². The highest BCUT2D eigenvalue weighted by Gasteiger charge is 2.18. The van der Waals surface area contributed by atoms with Gasteiger partial charge in [-0.2, -0.15) is 0 Å². The number of hydrogen-bond donors (Lipinski definition) is 0. The number of rotatable bonds is 4. The molecule has 58 heavy (non-hydrogen) atoms. The van der Waals surface area contributed by atoms with Gasteiger partial charge in [0, 0.05) is 0 Å². The summed E-state index contributed by atoms with van der Waals surface area (Å²) in [6.07, 6.45) is 0. The molecule has 0 saturated carbocycles. The van der Waals surface area contributed by atoms with Gasteiger partial charge in [0.15, 0.2) is 0 Å². The van der Waals surface area contributed by atoms with E-state index in [1.165, 1.54) is 120 Å². The minimum Gasteiger partial charge on any atom is -0.0622 e. The molecule has 0 N–H and O–H groups in total. The predicted octanol–water partition coefficient (Wildman–Crippen LogP) is 16.4. The molecule has 0 bridgehead atoms. The van der Waals surface area contributed by atoms with Gasteiger partial charge in [-0.25, -0.2) is 0 Å². The summed E-state index contributed by atoms with van der Waals surface area (Å²) in [4.78, 5) is 0.